The van der Waals surface area contributed by atoms with Gasteiger partial charge in [-0.25, -0.2) is 13.2 Å². The van der Waals surface area contributed by atoms with E-state index in [0.29, 0.717) is 5.57 Å². The van der Waals surface area contributed by atoms with Crippen molar-refractivity contribution in [1.29, 1.82) is 0 Å². The van der Waals surface area contributed by atoms with Crippen molar-refractivity contribution in [3.8, 4) is 0 Å². The van der Waals surface area contributed by atoms with Gasteiger partial charge in [0.2, 0.25) is 5.91 Å². The molecule has 0 saturated carbocycles. The third-order valence-electron chi connectivity index (χ3n) is 3.00. The van der Waals surface area contributed by atoms with Gasteiger partial charge in [-0.3, -0.25) is 9.69 Å². The molecule has 2 aliphatic rings. The average Bonchev–Trinajstić information content (AvgIpc) is 2.23. The zero-order chi connectivity index (χ0) is 15.5. The molecule has 1 saturated heterocycles. The molecule has 8 heteroatoms. The molecule has 0 radical (unpaired) electrons. The second kappa shape index (κ2) is 4.46. The molecule has 1 fully saturated rings. The first-order valence-corrected chi connectivity index (χ1v) is 8.23. The standard InChI is InChI=1S/C12H16ClNO5S/c1-6-5-20(17,18)10-7(13)9(15)14(10)8(6)11(16)19-12(2,3)4/h7,10H,5H2,1-4H3/t7-,10?/m0/s1. The Balaban J connectivity index is 2.42. The SMILES string of the molecule is CC1=C(C(=O)OC(C)(C)C)N2C(=O)[C@H](Cl)C2S(=O)(=O)C1. The number of fused-ring (bicyclic) bond motifs is 1. The summed E-state index contributed by atoms with van der Waals surface area (Å²) in [6.07, 6.45) is 0. The molecule has 0 aliphatic carbocycles. The molecule has 0 bridgehead atoms. The first-order chi connectivity index (χ1) is 8.96. The predicted octanol–water partition coefficient (Wildman–Crippen LogP) is 0.806. The quantitative estimate of drug-likeness (QED) is 0.405. The summed E-state index contributed by atoms with van der Waals surface area (Å²) < 4.78 is 29.2. The minimum Gasteiger partial charge on any atom is -0.455 e. The summed E-state index contributed by atoms with van der Waals surface area (Å²) >= 11 is 5.76. The topological polar surface area (TPSA) is 80.8 Å². The normalized spacial score (nSPS) is 28.9. The Bertz CT molecular complexity index is 616. The number of ether oxygens (including phenoxy) is 1. The predicted molar refractivity (Wildman–Crippen MR) is 72.6 cm³/mol. The van der Waals surface area contributed by atoms with Crippen LogP contribution in [0.4, 0.5) is 0 Å². The Kier molecular flexibility index (Phi) is 3.41. The van der Waals surface area contributed by atoms with Gasteiger partial charge < -0.3 is 4.74 Å². The Morgan fingerprint density at radius 1 is 1.40 bits per heavy atom. The summed E-state index contributed by atoms with van der Waals surface area (Å²) in [5, 5.41) is -2.30. The molecule has 20 heavy (non-hydrogen) atoms. The zero-order valence-electron chi connectivity index (χ0n) is 11.6. The highest BCUT2D eigenvalue weighted by atomic mass is 35.5. The number of halogens is 1. The molecule has 0 aromatic heterocycles. The molecule has 0 aromatic rings. The summed E-state index contributed by atoms with van der Waals surface area (Å²) in [5.74, 6) is -1.58. The Morgan fingerprint density at radius 2 is 1.95 bits per heavy atom. The van der Waals surface area contributed by atoms with Gasteiger partial charge in [0.25, 0.3) is 0 Å². The van der Waals surface area contributed by atoms with Crippen molar-refractivity contribution < 1.29 is 22.7 Å². The summed E-state index contributed by atoms with van der Waals surface area (Å²) in [6, 6.07) is 0. The highest BCUT2D eigenvalue weighted by Gasteiger charge is 2.59. The lowest BCUT2D eigenvalue weighted by molar-refractivity contribution is -0.157. The van der Waals surface area contributed by atoms with Gasteiger partial charge in [0.1, 0.15) is 16.7 Å². The van der Waals surface area contributed by atoms with Crippen LogP contribution < -0.4 is 0 Å². The zero-order valence-corrected chi connectivity index (χ0v) is 13.2. The molecule has 2 aliphatic heterocycles. The maximum Gasteiger partial charge on any atom is 0.355 e. The van der Waals surface area contributed by atoms with Gasteiger partial charge in [-0.1, -0.05) is 0 Å². The fourth-order valence-electron chi connectivity index (χ4n) is 2.27. The number of alkyl halides is 1. The van der Waals surface area contributed by atoms with E-state index in [9.17, 15) is 18.0 Å². The Hall–Kier alpha value is -1.08. The summed E-state index contributed by atoms with van der Waals surface area (Å²) in [4.78, 5) is 24.9. The van der Waals surface area contributed by atoms with E-state index < -0.39 is 38.1 Å². The van der Waals surface area contributed by atoms with Gasteiger partial charge in [-0.05, 0) is 33.3 Å². The Morgan fingerprint density at radius 3 is 2.45 bits per heavy atom. The van der Waals surface area contributed by atoms with Gasteiger partial charge in [0.15, 0.2) is 15.2 Å². The number of carbonyl (C=O) groups is 2. The lowest BCUT2D eigenvalue weighted by Crippen LogP contribution is -2.68. The van der Waals surface area contributed by atoms with Crippen molar-refractivity contribution in [2.75, 3.05) is 5.75 Å². The average molecular weight is 322 g/mol. The van der Waals surface area contributed by atoms with Crippen molar-refractivity contribution in [2.45, 2.75) is 44.0 Å². The largest absolute Gasteiger partial charge is 0.455 e. The van der Waals surface area contributed by atoms with Crippen LogP contribution in [0.1, 0.15) is 27.7 Å². The highest BCUT2D eigenvalue weighted by Crippen LogP contribution is 2.39. The number of esters is 1. The first-order valence-electron chi connectivity index (χ1n) is 6.07. The number of hydrogen-bond acceptors (Lipinski definition) is 5. The molecule has 0 N–H and O–H groups in total. The van der Waals surface area contributed by atoms with Crippen LogP contribution >= 0.6 is 11.6 Å². The Labute approximate surface area is 122 Å². The van der Waals surface area contributed by atoms with Crippen molar-refractivity contribution in [3.05, 3.63) is 11.3 Å². The van der Waals surface area contributed by atoms with E-state index in [1.165, 1.54) is 6.92 Å². The lowest BCUT2D eigenvalue weighted by atomic mass is 10.1. The van der Waals surface area contributed by atoms with Gasteiger partial charge in [0.05, 0.1) is 5.75 Å². The van der Waals surface area contributed by atoms with Crippen LogP contribution in [-0.2, 0) is 24.2 Å². The summed E-state index contributed by atoms with van der Waals surface area (Å²) in [5.41, 5.74) is -0.432. The number of nitrogens with zero attached hydrogens (tertiary/aromatic N) is 1. The minimum absolute atomic E-state index is 0.00153. The molecule has 2 atom stereocenters. The molecule has 2 heterocycles. The van der Waals surface area contributed by atoms with Crippen molar-refractivity contribution in [2.24, 2.45) is 0 Å². The van der Waals surface area contributed by atoms with E-state index in [1.807, 2.05) is 0 Å². The molecule has 2 rings (SSSR count). The van der Waals surface area contributed by atoms with Crippen molar-refractivity contribution >= 4 is 33.3 Å². The molecule has 0 spiro atoms. The molecule has 6 nitrogen and oxygen atoms in total. The second-order valence-electron chi connectivity index (χ2n) is 5.94. The third-order valence-corrected chi connectivity index (χ3v) is 5.63. The van der Waals surface area contributed by atoms with Gasteiger partial charge in [-0.15, -0.1) is 11.6 Å². The van der Waals surface area contributed by atoms with Crippen LogP contribution in [0, 0.1) is 0 Å². The monoisotopic (exact) mass is 321 g/mol. The van der Waals surface area contributed by atoms with E-state index in [1.54, 1.807) is 20.8 Å². The maximum atomic E-state index is 12.2. The third kappa shape index (κ3) is 2.33. The molecule has 1 amide bonds. The van der Waals surface area contributed by atoms with Crippen molar-refractivity contribution in [1.82, 2.24) is 4.90 Å². The van der Waals surface area contributed by atoms with E-state index >= 15 is 0 Å². The highest BCUT2D eigenvalue weighted by molar-refractivity contribution is 7.92. The number of β-lactam (4-membered cyclic amide) rings is 1. The van der Waals surface area contributed by atoms with Crippen LogP contribution in [-0.4, -0.2) is 47.3 Å². The fraction of sp³-hybridized carbons (Fsp3) is 0.667. The molecular weight excluding hydrogens is 306 g/mol. The van der Waals surface area contributed by atoms with Crippen LogP contribution in [0.15, 0.2) is 11.3 Å². The van der Waals surface area contributed by atoms with Crippen LogP contribution in [0.25, 0.3) is 0 Å². The van der Waals surface area contributed by atoms with Crippen molar-refractivity contribution in [3.63, 3.8) is 0 Å². The van der Waals surface area contributed by atoms with E-state index in [4.69, 9.17) is 16.3 Å². The molecule has 1 unspecified atom stereocenters. The number of amides is 1. The summed E-state index contributed by atoms with van der Waals surface area (Å²) in [6.45, 7) is 6.59. The number of carbonyl (C=O) groups excluding carboxylic acids is 2. The van der Waals surface area contributed by atoms with Crippen LogP contribution in [0.3, 0.4) is 0 Å². The van der Waals surface area contributed by atoms with Gasteiger partial charge in [-0.2, -0.15) is 0 Å². The smallest absolute Gasteiger partial charge is 0.355 e. The fourth-order valence-corrected chi connectivity index (χ4v) is 4.88. The molecule has 112 valence electrons. The van der Waals surface area contributed by atoms with E-state index in [2.05, 4.69) is 0 Å². The van der Waals surface area contributed by atoms with Gasteiger partial charge in [0, 0.05) is 0 Å². The second-order valence-corrected chi connectivity index (χ2v) is 8.51. The summed E-state index contributed by atoms with van der Waals surface area (Å²) in [7, 11) is -3.56. The maximum absolute atomic E-state index is 12.2. The number of rotatable bonds is 1. The number of sulfone groups is 1. The van der Waals surface area contributed by atoms with Crippen LogP contribution in [0.2, 0.25) is 0 Å². The van der Waals surface area contributed by atoms with Crippen LogP contribution in [0.5, 0.6) is 0 Å². The minimum atomic E-state index is -3.56. The number of hydrogen-bond donors (Lipinski definition) is 0. The molecule has 0 aromatic carbocycles. The molecular formula is C12H16ClNO5S. The first kappa shape index (κ1) is 15.3. The van der Waals surface area contributed by atoms with Gasteiger partial charge >= 0.3 is 5.97 Å². The lowest BCUT2D eigenvalue weighted by Gasteiger charge is -2.47. The van der Waals surface area contributed by atoms with E-state index in [0.717, 1.165) is 4.90 Å². The van der Waals surface area contributed by atoms with E-state index in [-0.39, 0.29) is 11.4 Å².